The number of nitrogens with zero attached hydrogens (tertiary/aromatic N) is 2. The van der Waals surface area contributed by atoms with Crippen LogP contribution in [-0.4, -0.2) is 16.2 Å². The van der Waals surface area contributed by atoms with Crippen LogP contribution in [0.1, 0.15) is 18.4 Å². The molecule has 1 aromatic heterocycles. The molecule has 0 spiro atoms. The van der Waals surface area contributed by atoms with Crippen molar-refractivity contribution in [1.29, 1.82) is 0 Å². The molecule has 1 unspecified atom stereocenters. The molecule has 0 saturated carbocycles. The van der Waals surface area contributed by atoms with Gasteiger partial charge in [0.1, 0.15) is 0 Å². The number of hydrogen-bond donors (Lipinski definition) is 1. The largest absolute Gasteiger partial charge is 0.416 e. The van der Waals surface area contributed by atoms with Gasteiger partial charge < -0.3 is 10.3 Å². The summed E-state index contributed by atoms with van der Waals surface area (Å²) in [6.45, 7) is 1.77. The number of benzene rings is 1. The molecule has 20 heavy (non-hydrogen) atoms. The lowest BCUT2D eigenvalue weighted by Crippen LogP contribution is -2.17. The zero-order chi connectivity index (χ0) is 14.0. The average molecular weight is 308 g/mol. The third-order valence-corrected chi connectivity index (χ3v) is 2.41. The molecule has 0 radical (unpaired) electrons. The van der Waals surface area contributed by atoms with Gasteiger partial charge in [-0.3, -0.25) is 0 Å². The van der Waals surface area contributed by atoms with Gasteiger partial charge in [-0.2, -0.15) is 18.2 Å². The van der Waals surface area contributed by atoms with Gasteiger partial charge >= 0.3 is 6.18 Å². The summed E-state index contributed by atoms with van der Waals surface area (Å²) in [6, 6.07) is 4.62. The van der Waals surface area contributed by atoms with Gasteiger partial charge in [-0.15, -0.1) is 12.4 Å². The number of rotatable bonds is 3. The number of alkyl halides is 3. The highest BCUT2D eigenvalue weighted by molar-refractivity contribution is 5.85. The van der Waals surface area contributed by atoms with Crippen molar-refractivity contribution in [1.82, 2.24) is 10.1 Å². The zero-order valence-electron chi connectivity index (χ0n) is 10.5. The summed E-state index contributed by atoms with van der Waals surface area (Å²) < 4.78 is 42.7. The van der Waals surface area contributed by atoms with Gasteiger partial charge in [0.25, 0.3) is 0 Å². The molecular weight excluding hydrogens is 295 g/mol. The minimum atomic E-state index is -4.39. The molecule has 0 aliphatic carbocycles. The summed E-state index contributed by atoms with van der Waals surface area (Å²) in [5.74, 6) is 0.434. The predicted octanol–water partition coefficient (Wildman–Crippen LogP) is 3.07. The lowest BCUT2D eigenvalue weighted by molar-refractivity contribution is -0.137. The summed E-state index contributed by atoms with van der Waals surface area (Å²) >= 11 is 0. The van der Waals surface area contributed by atoms with E-state index in [2.05, 4.69) is 10.1 Å². The second-order valence-electron chi connectivity index (χ2n) is 4.27. The first kappa shape index (κ1) is 16.5. The van der Waals surface area contributed by atoms with Crippen LogP contribution in [0.4, 0.5) is 13.2 Å². The van der Waals surface area contributed by atoms with E-state index >= 15 is 0 Å². The fraction of sp³-hybridized carbons (Fsp3) is 0.333. The molecule has 1 heterocycles. The van der Waals surface area contributed by atoms with Gasteiger partial charge in [-0.05, 0) is 19.1 Å². The maximum absolute atomic E-state index is 12.6. The van der Waals surface area contributed by atoms with Crippen LogP contribution in [0.25, 0.3) is 11.4 Å². The van der Waals surface area contributed by atoms with E-state index in [1.54, 1.807) is 6.92 Å². The van der Waals surface area contributed by atoms with Crippen LogP contribution in [0.15, 0.2) is 28.8 Å². The quantitative estimate of drug-likeness (QED) is 0.946. The smallest absolute Gasteiger partial charge is 0.339 e. The molecule has 4 nitrogen and oxygen atoms in total. The molecule has 110 valence electrons. The fourth-order valence-corrected chi connectivity index (χ4v) is 1.57. The molecule has 0 fully saturated rings. The third-order valence-electron chi connectivity index (χ3n) is 2.41. The SMILES string of the molecule is CC(N)Cc1nc(-c2cccc(C(F)(F)F)c2)no1.Cl. The van der Waals surface area contributed by atoms with Crippen LogP contribution < -0.4 is 5.73 Å². The first-order chi connectivity index (χ1) is 8.86. The molecule has 0 aliphatic rings. The standard InChI is InChI=1S/C12H12F3N3O.ClH/c1-7(16)5-10-17-11(18-19-10)8-3-2-4-9(6-8)12(13,14)15;/h2-4,6-7H,5,16H2,1H3;1H. The van der Waals surface area contributed by atoms with Gasteiger partial charge in [-0.25, -0.2) is 0 Å². The number of halogens is 4. The predicted molar refractivity (Wildman–Crippen MR) is 69.3 cm³/mol. The van der Waals surface area contributed by atoms with E-state index in [4.69, 9.17) is 10.3 Å². The molecule has 2 N–H and O–H groups in total. The first-order valence-corrected chi connectivity index (χ1v) is 5.62. The van der Waals surface area contributed by atoms with Crippen LogP contribution in [0, 0.1) is 0 Å². The molecule has 0 aliphatic heterocycles. The first-order valence-electron chi connectivity index (χ1n) is 5.62. The van der Waals surface area contributed by atoms with E-state index < -0.39 is 11.7 Å². The number of aromatic nitrogens is 2. The minimum absolute atomic E-state index is 0. The lowest BCUT2D eigenvalue weighted by Gasteiger charge is -2.06. The molecule has 0 saturated heterocycles. The van der Waals surface area contributed by atoms with Crippen molar-refractivity contribution in [2.45, 2.75) is 25.6 Å². The Labute approximate surface area is 119 Å². The summed E-state index contributed by atoms with van der Waals surface area (Å²) in [7, 11) is 0. The van der Waals surface area contributed by atoms with Crippen molar-refractivity contribution >= 4 is 12.4 Å². The van der Waals surface area contributed by atoms with Crippen molar-refractivity contribution in [2.75, 3.05) is 0 Å². The van der Waals surface area contributed by atoms with E-state index in [0.717, 1.165) is 12.1 Å². The summed E-state index contributed by atoms with van der Waals surface area (Å²) in [5.41, 5.74) is 5.09. The van der Waals surface area contributed by atoms with Gasteiger partial charge in [0, 0.05) is 18.0 Å². The molecule has 0 bridgehead atoms. The summed E-state index contributed by atoms with van der Waals surface area (Å²) in [6.07, 6.45) is -4.01. The van der Waals surface area contributed by atoms with Crippen molar-refractivity contribution in [3.05, 3.63) is 35.7 Å². The van der Waals surface area contributed by atoms with Gasteiger partial charge in [0.15, 0.2) is 0 Å². The van der Waals surface area contributed by atoms with E-state index in [1.165, 1.54) is 12.1 Å². The van der Waals surface area contributed by atoms with Gasteiger partial charge in [0.2, 0.25) is 11.7 Å². The Bertz CT molecular complexity index is 569. The Kier molecular flexibility index (Phi) is 5.13. The monoisotopic (exact) mass is 307 g/mol. The Balaban J connectivity index is 0.00000200. The Morgan fingerprint density at radius 2 is 2.05 bits per heavy atom. The van der Waals surface area contributed by atoms with Crippen LogP contribution in [0.2, 0.25) is 0 Å². The normalized spacial score (nSPS) is 12.8. The Morgan fingerprint density at radius 1 is 1.35 bits per heavy atom. The topological polar surface area (TPSA) is 64.9 Å². The van der Waals surface area contributed by atoms with Crippen LogP contribution in [0.3, 0.4) is 0 Å². The highest BCUT2D eigenvalue weighted by Gasteiger charge is 2.30. The van der Waals surface area contributed by atoms with E-state index in [0.29, 0.717) is 12.3 Å². The summed E-state index contributed by atoms with van der Waals surface area (Å²) in [4.78, 5) is 4.02. The van der Waals surface area contributed by atoms with Crippen molar-refractivity contribution in [2.24, 2.45) is 5.73 Å². The molecule has 1 atom stereocenters. The van der Waals surface area contributed by atoms with E-state index in [9.17, 15) is 13.2 Å². The van der Waals surface area contributed by atoms with E-state index in [1.807, 2.05) is 0 Å². The summed E-state index contributed by atoms with van der Waals surface area (Å²) in [5, 5.41) is 3.65. The number of nitrogens with two attached hydrogens (primary N) is 1. The molecule has 2 rings (SSSR count). The third kappa shape index (κ3) is 3.94. The molecule has 2 aromatic rings. The number of hydrogen-bond acceptors (Lipinski definition) is 4. The van der Waals surface area contributed by atoms with Crippen LogP contribution >= 0.6 is 12.4 Å². The molecule has 1 aromatic carbocycles. The second-order valence-corrected chi connectivity index (χ2v) is 4.27. The highest BCUT2D eigenvalue weighted by atomic mass is 35.5. The maximum atomic E-state index is 12.6. The minimum Gasteiger partial charge on any atom is -0.339 e. The van der Waals surface area contributed by atoms with Gasteiger partial charge in [0.05, 0.1) is 5.56 Å². The fourth-order valence-electron chi connectivity index (χ4n) is 1.57. The van der Waals surface area contributed by atoms with Crippen LogP contribution in [0.5, 0.6) is 0 Å². The Morgan fingerprint density at radius 3 is 2.65 bits per heavy atom. The van der Waals surface area contributed by atoms with Crippen molar-refractivity contribution in [3.8, 4) is 11.4 Å². The second kappa shape index (κ2) is 6.23. The lowest BCUT2D eigenvalue weighted by atomic mass is 10.1. The van der Waals surface area contributed by atoms with Crippen molar-refractivity contribution < 1.29 is 17.7 Å². The maximum Gasteiger partial charge on any atom is 0.416 e. The highest BCUT2D eigenvalue weighted by Crippen LogP contribution is 2.31. The zero-order valence-corrected chi connectivity index (χ0v) is 11.3. The average Bonchev–Trinajstić information content (AvgIpc) is 2.76. The van der Waals surface area contributed by atoms with Crippen molar-refractivity contribution in [3.63, 3.8) is 0 Å². The van der Waals surface area contributed by atoms with E-state index in [-0.39, 0.29) is 29.8 Å². The molecule has 8 heteroatoms. The van der Waals surface area contributed by atoms with Crippen LogP contribution in [-0.2, 0) is 12.6 Å². The molecule has 0 amide bonds. The Hall–Kier alpha value is -1.60. The molecular formula is C12H13ClF3N3O. The van der Waals surface area contributed by atoms with Gasteiger partial charge in [-0.1, -0.05) is 17.3 Å².